The predicted octanol–water partition coefficient (Wildman–Crippen LogP) is 2.98. The number of benzene rings is 1. The molecule has 0 saturated heterocycles. The highest BCUT2D eigenvalue weighted by molar-refractivity contribution is 5.91. The fourth-order valence-electron chi connectivity index (χ4n) is 1.79. The molecule has 5 heteroatoms. The molecule has 19 heavy (non-hydrogen) atoms. The van der Waals surface area contributed by atoms with E-state index in [0.29, 0.717) is 11.6 Å². The van der Waals surface area contributed by atoms with Crippen LogP contribution in [-0.4, -0.2) is 16.4 Å². The summed E-state index contributed by atoms with van der Waals surface area (Å²) in [7, 11) is 0. The van der Waals surface area contributed by atoms with Crippen LogP contribution >= 0.6 is 0 Å². The van der Waals surface area contributed by atoms with Gasteiger partial charge in [0, 0.05) is 10.8 Å². The lowest BCUT2D eigenvalue weighted by Crippen LogP contribution is -1.96. The van der Waals surface area contributed by atoms with Gasteiger partial charge in [0.2, 0.25) is 0 Å². The van der Waals surface area contributed by atoms with Crippen LogP contribution < -0.4 is 5.43 Å². The number of hydrogen-bond donors (Lipinski definition) is 1. The molecule has 2 heterocycles. The maximum absolute atomic E-state index is 5.38. The van der Waals surface area contributed by atoms with Gasteiger partial charge in [-0.3, -0.25) is 5.43 Å². The summed E-state index contributed by atoms with van der Waals surface area (Å²) in [6.07, 6.45) is 3.33. The number of hydrogen-bond acceptors (Lipinski definition) is 5. The molecule has 0 aliphatic carbocycles. The Morgan fingerprint density at radius 1 is 1.21 bits per heavy atom. The lowest BCUT2D eigenvalue weighted by molar-refractivity contribution is 0.528. The Morgan fingerprint density at radius 2 is 2.11 bits per heavy atom. The highest BCUT2D eigenvalue weighted by atomic mass is 16.3. The van der Waals surface area contributed by atoms with Crippen molar-refractivity contribution in [3.63, 3.8) is 0 Å². The zero-order valence-electron chi connectivity index (χ0n) is 10.4. The summed E-state index contributed by atoms with van der Waals surface area (Å²) >= 11 is 0. The maximum atomic E-state index is 5.38. The Balaban J connectivity index is 1.84. The monoisotopic (exact) mass is 252 g/mol. The molecule has 0 atom stereocenters. The second kappa shape index (κ2) is 4.89. The Bertz CT molecular complexity index is 728. The lowest BCUT2D eigenvalue weighted by atomic mass is 10.2. The standard InChI is InChI=1S/C14H12N4O/c1-10-6-7-12(19-10)9-16-18-14-13-5-3-2-4-11(13)8-15-17-14/h2-9H,1H3,(H,17,18)/b16-9+. The van der Waals surface area contributed by atoms with Crippen LogP contribution in [0.5, 0.6) is 0 Å². The van der Waals surface area contributed by atoms with E-state index in [-0.39, 0.29) is 0 Å². The number of furan rings is 1. The molecule has 0 aliphatic rings. The minimum absolute atomic E-state index is 0.623. The Labute approximate surface area is 110 Å². The molecule has 0 fully saturated rings. The molecular formula is C14H12N4O. The maximum Gasteiger partial charge on any atom is 0.176 e. The molecule has 2 aromatic heterocycles. The summed E-state index contributed by atoms with van der Waals surface area (Å²) in [5.41, 5.74) is 2.88. The predicted molar refractivity (Wildman–Crippen MR) is 74.2 cm³/mol. The lowest BCUT2D eigenvalue weighted by Gasteiger charge is -2.02. The number of aromatic nitrogens is 2. The first-order valence-electron chi connectivity index (χ1n) is 5.89. The van der Waals surface area contributed by atoms with E-state index < -0.39 is 0 Å². The highest BCUT2D eigenvalue weighted by Crippen LogP contribution is 2.18. The molecule has 1 N–H and O–H groups in total. The molecule has 0 unspecified atom stereocenters. The Kier molecular flexibility index (Phi) is 2.94. The average Bonchev–Trinajstić information content (AvgIpc) is 2.85. The van der Waals surface area contributed by atoms with Crippen LogP contribution in [0.4, 0.5) is 5.82 Å². The van der Waals surface area contributed by atoms with E-state index in [1.165, 1.54) is 0 Å². The van der Waals surface area contributed by atoms with Gasteiger partial charge in [0.15, 0.2) is 5.82 Å². The first-order chi connectivity index (χ1) is 9.33. The average molecular weight is 252 g/mol. The largest absolute Gasteiger partial charge is 0.460 e. The van der Waals surface area contributed by atoms with E-state index >= 15 is 0 Å². The third-order valence-corrected chi connectivity index (χ3v) is 2.69. The van der Waals surface area contributed by atoms with Gasteiger partial charge in [-0.05, 0) is 19.1 Å². The summed E-state index contributed by atoms with van der Waals surface area (Å²) in [5.74, 6) is 2.17. The first kappa shape index (κ1) is 11.4. The minimum Gasteiger partial charge on any atom is -0.460 e. The number of fused-ring (bicyclic) bond motifs is 1. The quantitative estimate of drug-likeness (QED) is 0.575. The number of nitrogens with zero attached hydrogens (tertiary/aromatic N) is 3. The van der Waals surface area contributed by atoms with Crippen molar-refractivity contribution >= 4 is 22.8 Å². The van der Waals surface area contributed by atoms with Crippen molar-refractivity contribution in [3.8, 4) is 0 Å². The molecule has 0 bridgehead atoms. The van der Waals surface area contributed by atoms with Crippen molar-refractivity contribution in [1.29, 1.82) is 0 Å². The van der Waals surface area contributed by atoms with Gasteiger partial charge < -0.3 is 4.42 Å². The number of nitrogens with one attached hydrogen (secondary N) is 1. The molecule has 0 spiro atoms. The van der Waals surface area contributed by atoms with E-state index in [4.69, 9.17) is 4.42 Å². The van der Waals surface area contributed by atoms with Gasteiger partial charge in [-0.2, -0.15) is 10.2 Å². The van der Waals surface area contributed by atoms with Crippen LogP contribution in [0.15, 0.2) is 52.1 Å². The highest BCUT2D eigenvalue weighted by Gasteiger charge is 2.01. The molecule has 0 amide bonds. The van der Waals surface area contributed by atoms with Crippen molar-refractivity contribution in [2.24, 2.45) is 5.10 Å². The SMILES string of the molecule is Cc1ccc(/C=N/Nc2nncc3ccccc23)o1. The Hall–Kier alpha value is -2.69. The van der Waals surface area contributed by atoms with Crippen molar-refractivity contribution in [3.05, 3.63) is 54.1 Å². The summed E-state index contributed by atoms with van der Waals surface area (Å²) in [6, 6.07) is 11.6. The van der Waals surface area contributed by atoms with Crippen molar-refractivity contribution < 1.29 is 4.42 Å². The van der Waals surface area contributed by atoms with Crippen LogP contribution in [0.2, 0.25) is 0 Å². The molecule has 94 valence electrons. The van der Waals surface area contributed by atoms with Gasteiger partial charge in [0.1, 0.15) is 11.5 Å². The van der Waals surface area contributed by atoms with Crippen molar-refractivity contribution in [2.45, 2.75) is 6.92 Å². The zero-order chi connectivity index (χ0) is 13.1. The third-order valence-electron chi connectivity index (χ3n) is 2.69. The molecule has 1 aromatic carbocycles. The van der Waals surface area contributed by atoms with Gasteiger partial charge in [-0.25, -0.2) is 0 Å². The van der Waals surface area contributed by atoms with Crippen molar-refractivity contribution in [2.75, 3.05) is 5.43 Å². The molecule has 3 aromatic rings. The molecular weight excluding hydrogens is 240 g/mol. The van der Waals surface area contributed by atoms with Gasteiger partial charge in [-0.1, -0.05) is 24.3 Å². The summed E-state index contributed by atoms with van der Waals surface area (Å²) in [4.78, 5) is 0. The second-order valence-corrected chi connectivity index (χ2v) is 4.10. The van der Waals surface area contributed by atoms with Gasteiger partial charge >= 0.3 is 0 Å². The van der Waals surface area contributed by atoms with Crippen LogP contribution in [0, 0.1) is 6.92 Å². The van der Waals surface area contributed by atoms with E-state index in [9.17, 15) is 0 Å². The van der Waals surface area contributed by atoms with Crippen LogP contribution in [-0.2, 0) is 0 Å². The smallest absolute Gasteiger partial charge is 0.176 e. The number of aryl methyl sites for hydroxylation is 1. The molecule has 5 nitrogen and oxygen atoms in total. The van der Waals surface area contributed by atoms with E-state index in [1.54, 1.807) is 12.4 Å². The van der Waals surface area contributed by atoms with E-state index in [0.717, 1.165) is 16.5 Å². The van der Waals surface area contributed by atoms with Crippen LogP contribution in [0.3, 0.4) is 0 Å². The minimum atomic E-state index is 0.623. The van der Waals surface area contributed by atoms with Gasteiger partial charge in [0.25, 0.3) is 0 Å². The summed E-state index contributed by atoms with van der Waals surface area (Å²) in [6.45, 7) is 1.89. The van der Waals surface area contributed by atoms with E-state index in [1.807, 2.05) is 43.3 Å². The van der Waals surface area contributed by atoms with Gasteiger partial charge in [-0.15, -0.1) is 5.10 Å². The summed E-state index contributed by atoms with van der Waals surface area (Å²) in [5, 5.41) is 14.1. The second-order valence-electron chi connectivity index (χ2n) is 4.10. The molecule has 3 rings (SSSR count). The van der Waals surface area contributed by atoms with Gasteiger partial charge in [0.05, 0.1) is 12.4 Å². The van der Waals surface area contributed by atoms with Crippen LogP contribution in [0.25, 0.3) is 10.8 Å². The third kappa shape index (κ3) is 2.44. The number of rotatable bonds is 3. The zero-order valence-corrected chi connectivity index (χ0v) is 10.4. The first-order valence-corrected chi connectivity index (χ1v) is 5.89. The molecule has 0 aliphatic heterocycles. The fraction of sp³-hybridized carbons (Fsp3) is 0.0714. The van der Waals surface area contributed by atoms with Crippen LogP contribution in [0.1, 0.15) is 11.5 Å². The molecule has 0 saturated carbocycles. The topological polar surface area (TPSA) is 63.3 Å². The number of hydrazone groups is 1. The number of anilines is 1. The normalized spacial score (nSPS) is 11.2. The fourth-order valence-corrected chi connectivity index (χ4v) is 1.79. The summed E-state index contributed by atoms with van der Waals surface area (Å²) < 4.78 is 5.38. The van der Waals surface area contributed by atoms with E-state index in [2.05, 4.69) is 20.7 Å². The van der Waals surface area contributed by atoms with Crippen molar-refractivity contribution in [1.82, 2.24) is 10.2 Å². The molecule has 0 radical (unpaired) electrons. The Morgan fingerprint density at radius 3 is 2.95 bits per heavy atom.